The van der Waals surface area contributed by atoms with E-state index >= 15 is 0 Å². The highest BCUT2D eigenvalue weighted by Gasteiger charge is 2.02. The maximum absolute atomic E-state index is 9.28. The molecular weight excluding hydrogens is 162 g/mol. The number of terminal acetylenes is 1. The molecule has 0 radical (unpaired) electrons. The molecule has 0 saturated heterocycles. The van der Waals surface area contributed by atoms with Crippen molar-refractivity contribution in [3.8, 4) is 18.1 Å². The Bertz CT molecular complexity index is 327. The second-order valence-corrected chi connectivity index (χ2v) is 3.01. The third kappa shape index (κ3) is 2.16. The molecule has 0 aromatic heterocycles. The van der Waals surface area contributed by atoms with Crippen molar-refractivity contribution >= 4 is 5.69 Å². The average Bonchev–Trinajstić information content (AvgIpc) is 2.02. The molecule has 0 bridgehead atoms. The second kappa shape index (κ2) is 3.86. The summed E-state index contributed by atoms with van der Waals surface area (Å²) in [5, 5.41) is 12.4. The van der Waals surface area contributed by atoms with Gasteiger partial charge in [0.15, 0.2) is 0 Å². The number of phenols is 1. The molecule has 0 amide bonds. The normalized spacial score (nSPS) is 9.31. The van der Waals surface area contributed by atoms with Crippen LogP contribution in [0.15, 0.2) is 12.1 Å². The van der Waals surface area contributed by atoms with Gasteiger partial charge in [-0.25, -0.2) is 0 Å². The van der Waals surface area contributed by atoms with E-state index in [-0.39, 0.29) is 0 Å². The van der Waals surface area contributed by atoms with Crippen LogP contribution >= 0.6 is 0 Å². The first kappa shape index (κ1) is 9.47. The molecule has 0 spiro atoms. The largest absolute Gasteiger partial charge is 0.508 e. The summed E-state index contributed by atoms with van der Waals surface area (Å²) in [6.45, 7) is 4.38. The highest BCUT2D eigenvalue weighted by molar-refractivity contribution is 5.59. The van der Waals surface area contributed by atoms with Gasteiger partial charge in [0.1, 0.15) is 5.75 Å². The van der Waals surface area contributed by atoms with Crippen LogP contribution in [0.5, 0.6) is 5.75 Å². The molecular formula is C11H13NO. The van der Waals surface area contributed by atoms with Crippen molar-refractivity contribution in [1.29, 1.82) is 0 Å². The van der Waals surface area contributed by atoms with E-state index < -0.39 is 0 Å². The van der Waals surface area contributed by atoms with Crippen molar-refractivity contribution in [2.75, 3.05) is 11.9 Å². The summed E-state index contributed by atoms with van der Waals surface area (Å²) in [6.07, 6.45) is 5.14. The summed E-state index contributed by atoms with van der Waals surface area (Å²) >= 11 is 0. The summed E-state index contributed by atoms with van der Waals surface area (Å²) in [7, 11) is 0. The van der Waals surface area contributed by atoms with Crippen LogP contribution in [0.4, 0.5) is 5.69 Å². The Morgan fingerprint density at radius 3 is 2.38 bits per heavy atom. The molecule has 2 nitrogen and oxygen atoms in total. The fourth-order valence-electron chi connectivity index (χ4n) is 1.36. The molecule has 2 heteroatoms. The zero-order valence-electron chi connectivity index (χ0n) is 7.89. The molecule has 0 aliphatic heterocycles. The Hall–Kier alpha value is -1.62. The van der Waals surface area contributed by atoms with Gasteiger partial charge in [-0.1, -0.05) is 5.92 Å². The smallest absolute Gasteiger partial charge is 0.116 e. The third-order valence-corrected chi connectivity index (χ3v) is 1.88. The molecule has 0 heterocycles. The van der Waals surface area contributed by atoms with Gasteiger partial charge >= 0.3 is 0 Å². The van der Waals surface area contributed by atoms with Gasteiger partial charge in [0, 0.05) is 5.69 Å². The molecule has 68 valence electrons. The summed E-state index contributed by atoms with van der Waals surface area (Å²) in [5.41, 5.74) is 3.02. The van der Waals surface area contributed by atoms with E-state index in [1.54, 1.807) is 12.1 Å². The summed E-state index contributed by atoms with van der Waals surface area (Å²) in [6, 6.07) is 3.43. The van der Waals surface area contributed by atoms with Gasteiger partial charge < -0.3 is 10.4 Å². The molecule has 1 aromatic carbocycles. The van der Waals surface area contributed by atoms with E-state index in [0.29, 0.717) is 12.3 Å². The molecule has 2 N–H and O–H groups in total. The molecule has 0 saturated carbocycles. The highest BCUT2D eigenvalue weighted by atomic mass is 16.3. The maximum Gasteiger partial charge on any atom is 0.116 e. The Labute approximate surface area is 78.6 Å². The van der Waals surface area contributed by atoms with E-state index in [1.165, 1.54) is 0 Å². The van der Waals surface area contributed by atoms with Crippen molar-refractivity contribution < 1.29 is 5.11 Å². The van der Waals surface area contributed by atoms with Gasteiger partial charge in [-0.2, -0.15) is 0 Å². The van der Waals surface area contributed by atoms with Crippen LogP contribution in [0.25, 0.3) is 0 Å². The molecule has 0 aliphatic carbocycles. The van der Waals surface area contributed by atoms with Crippen LogP contribution in [-0.4, -0.2) is 11.7 Å². The van der Waals surface area contributed by atoms with E-state index in [4.69, 9.17) is 6.42 Å². The first-order valence-corrected chi connectivity index (χ1v) is 4.12. The maximum atomic E-state index is 9.28. The van der Waals surface area contributed by atoms with Crippen molar-refractivity contribution in [2.45, 2.75) is 13.8 Å². The lowest BCUT2D eigenvalue weighted by atomic mass is 10.1. The molecule has 13 heavy (non-hydrogen) atoms. The lowest BCUT2D eigenvalue weighted by molar-refractivity contribution is 0.474. The Morgan fingerprint density at radius 2 is 1.92 bits per heavy atom. The highest BCUT2D eigenvalue weighted by Crippen LogP contribution is 2.24. The molecule has 1 aromatic rings. The fourth-order valence-corrected chi connectivity index (χ4v) is 1.36. The number of benzene rings is 1. The standard InChI is InChI=1S/C11H13NO/c1-4-5-12-11-8(2)6-10(13)7-9(11)3/h1,6-7,12-13H,5H2,2-3H3. The van der Waals surface area contributed by atoms with Crippen LogP contribution in [0.1, 0.15) is 11.1 Å². The van der Waals surface area contributed by atoms with Crippen LogP contribution in [0.3, 0.4) is 0 Å². The third-order valence-electron chi connectivity index (χ3n) is 1.88. The van der Waals surface area contributed by atoms with Crippen molar-refractivity contribution in [3.05, 3.63) is 23.3 Å². The molecule has 0 fully saturated rings. The predicted octanol–water partition coefficient (Wildman–Crippen LogP) is 2.05. The lowest BCUT2D eigenvalue weighted by Crippen LogP contribution is -2.02. The van der Waals surface area contributed by atoms with Crippen LogP contribution in [0.2, 0.25) is 0 Å². The Kier molecular flexibility index (Phi) is 2.81. The zero-order valence-corrected chi connectivity index (χ0v) is 7.89. The minimum absolute atomic E-state index is 0.293. The van der Waals surface area contributed by atoms with Gasteiger partial charge in [0.05, 0.1) is 6.54 Å². The number of aryl methyl sites for hydroxylation is 2. The monoisotopic (exact) mass is 175 g/mol. The summed E-state index contributed by atoms with van der Waals surface area (Å²) in [4.78, 5) is 0. The van der Waals surface area contributed by atoms with Crippen molar-refractivity contribution in [1.82, 2.24) is 0 Å². The van der Waals surface area contributed by atoms with Crippen LogP contribution in [-0.2, 0) is 0 Å². The topological polar surface area (TPSA) is 32.3 Å². The molecule has 0 aliphatic rings. The quantitative estimate of drug-likeness (QED) is 0.532. The van der Waals surface area contributed by atoms with Crippen LogP contribution < -0.4 is 5.32 Å². The average molecular weight is 175 g/mol. The van der Waals surface area contributed by atoms with Crippen LogP contribution in [0, 0.1) is 26.2 Å². The van der Waals surface area contributed by atoms with E-state index in [2.05, 4.69) is 11.2 Å². The van der Waals surface area contributed by atoms with Gasteiger partial charge in [-0.15, -0.1) is 6.42 Å². The van der Waals surface area contributed by atoms with Crippen molar-refractivity contribution in [3.63, 3.8) is 0 Å². The van der Waals surface area contributed by atoms with Crippen molar-refractivity contribution in [2.24, 2.45) is 0 Å². The minimum Gasteiger partial charge on any atom is -0.508 e. The second-order valence-electron chi connectivity index (χ2n) is 3.01. The fraction of sp³-hybridized carbons (Fsp3) is 0.273. The number of anilines is 1. The molecule has 0 unspecified atom stereocenters. The van der Waals surface area contributed by atoms with E-state index in [0.717, 1.165) is 16.8 Å². The van der Waals surface area contributed by atoms with Gasteiger partial charge in [0.2, 0.25) is 0 Å². The number of phenolic OH excluding ortho intramolecular Hbond substituents is 1. The van der Waals surface area contributed by atoms with E-state index in [1.807, 2.05) is 13.8 Å². The lowest BCUT2D eigenvalue weighted by Gasteiger charge is -2.10. The first-order chi connectivity index (χ1) is 6.15. The number of rotatable bonds is 2. The SMILES string of the molecule is C#CCNc1c(C)cc(O)cc1C. The van der Waals surface area contributed by atoms with Gasteiger partial charge in [0.25, 0.3) is 0 Å². The zero-order chi connectivity index (χ0) is 9.84. The Balaban J connectivity index is 3.00. The number of hydrogen-bond donors (Lipinski definition) is 2. The van der Waals surface area contributed by atoms with Gasteiger partial charge in [-0.05, 0) is 37.1 Å². The first-order valence-electron chi connectivity index (χ1n) is 4.12. The summed E-state index contributed by atoms with van der Waals surface area (Å²) in [5.74, 6) is 2.80. The number of aromatic hydroxyl groups is 1. The number of nitrogens with one attached hydrogen (secondary N) is 1. The Morgan fingerprint density at radius 1 is 1.38 bits per heavy atom. The summed E-state index contributed by atoms with van der Waals surface area (Å²) < 4.78 is 0. The minimum atomic E-state index is 0.293. The predicted molar refractivity (Wildman–Crippen MR) is 54.9 cm³/mol. The molecule has 1 rings (SSSR count). The van der Waals surface area contributed by atoms with E-state index in [9.17, 15) is 5.11 Å². The van der Waals surface area contributed by atoms with Gasteiger partial charge in [-0.3, -0.25) is 0 Å². The number of hydrogen-bond acceptors (Lipinski definition) is 2. The molecule has 0 atom stereocenters.